The number of anilines is 1. The van der Waals surface area contributed by atoms with Crippen LogP contribution in [0.2, 0.25) is 0 Å². The summed E-state index contributed by atoms with van der Waals surface area (Å²) in [6.07, 6.45) is 7.55. The van der Waals surface area contributed by atoms with Gasteiger partial charge < -0.3 is 15.7 Å². The Bertz CT molecular complexity index is 682. The molecular weight excluding hydrogens is 348 g/mol. The fourth-order valence-electron chi connectivity index (χ4n) is 5.40. The zero-order valence-electron chi connectivity index (χ0n) is 15.5. The second-order valence-corrected chi connectivity index (χ2v) is 9.29. The standard InChI is InChI=1S/C19H28N4O2S/c1-3-4-26-17-14(10-21-18(20-2)23-17)16(24)22-15-12-5-11-6-13(15)9-19(25,7-11)8-12/h10-13,15,25H,3-9H2,1-2H3,(H,22,24)(H,20,21,23). The van der Waals surface area contributed by atoms with Gasteiger partial charge in [-0.3, -0.25) is 4.79 Å². The Morgan fingerprint density at radius 1 is 1.35 bits per heavy atom. The number of aliphatic hydroxyl groups is 1. The summed E-state index contributed by atoms with van der Waals surface area (Å²) in [4.78, 5) is 21.7. The molecule has 4 fully saturated rings. The molecule has 0 saturated heterocycles. The van der Waals surface area contributed by atoms with Crippen LogP contribution in [0.1, 0.15) is 55.8 Å². The molecule has 7 heteroatoms. The van der Waals surface area contributed by atoms with E-state index in [4.69, 9.17) is 0 Å². The van der Waals surface area contributed by atoms with Crippen molar-refractivity contribution in [1.82, 2.24) is 15.3 Å². The Hall–Kier alpha value is -1.34. The highest BCUT2D eigenvalue weighted by Crippen LogP contribution is 2.55. The van der Waals surface area contributed by atoms with E-state index in [1.54, 1.807) is 25.0 Å². The average molecular weight is 377 g/mol. The molecule has 5 rings (SSSR count). The molecule has 1 aromatic rings. The van der Waals surface area contributed by atoms with Gasteiger partial charge in [0.25, 0.3) is 5.91 Å². The summed E-state index contributed by atoms with van der Waals surface area (Å²) in [7, 11) is 1.78. The van der Waals surface area contributed by atoms with Gasteiger partial charge in [-0.05, 0) is 62.0 Å². The van der Waals surface area contributed by atoms with Crippen molar-refractivity contribution in [3.05, 3.63) is 11.8 Å². The van der Waals surface area contributed by atoms with E-state index in [1.807, 2.05) is 0 Å². The van der Waals surface area contributed by atoms with Crippen LogP contribution in [-0.4, -0.2) is 45.4 Å². The van der Waals surface area contributed by atoms with Gasteiger partial charge >= 0.3 is 0 Å². The fraction of sp³-hybridized carbons (Fsp3) is 0.737. The van der Waals surface area contributed by atoms with Gasteiger partial charge in [0.2, 0.25) is 5.95 Å². The zero-order chi connectivity index (χ0) is 18.3. The van der Waals surface area contributed by atoms with E-state index in [-0.39, 0.29) is 11.9 Å². The molecule has 0 spiro atoms. The van der Waals surface area contributed by atoms with Gasteiger partial charge in [0.15, 0.2) is 0 Å². The number of hydrogen-bond donors (Lipinski definition) is 3. The van der Waals surface area contributed by atoms with Gasteiger partial charge in [0, 0.05) is 19.3 Å². The molecule has 1 amide bonds. The van der Waals surface area contributed by atoms with Crippen molar-refractivity contribution in [2.75, 3.05) is 18.1 Å². The van der Waals surface area contributed by atoms with Crippen molar-refractivity contribution in [2.24, 2.45) is 17.8 Å². The highest BCUT2D eigenvalue weighted by Gasteiger charge is 2.55. The third kappa shape index (κ3) is 3.31. The number of nitrogens with zero attached hydrogens (tertiary/aromatic N) is 2. The van der Waals surface area contributed by atoms with Crippen molar-refractivity contribution in [2.45, 2.75) is 62.1 Å². The van der Waals surface area contributed by atoms with Crippen molar-refractivity contribution < 1.29 is 9.90 Å². The van der Waals surface area contributed by atoms with Gasteiger partial charge in [-0.25, -0.2) is 9.97 Å². The molecule has 0 aromatic carbocycles. The van der Waals surface area contributed by atoms with Gasteiger partial charge in [-0.1, -0.05) is 6.92 Å². The Kier molecular flexibility index (Phi) is 4.86. The second kappa shape index (κ2) is 7.00. The molecule has 4 aliphatic rings. The van der Waals surface area contributed by atoms with E-state index < -0.39 is 5.60 Å². The molecule has 4 aliphatic carbocycles. The molecule has 2 unspecified atom stereocenters. The topological polar surface area (TPSA) is 87.1 Å². The van der Waals surface area contributed by atoms with Crippen molar-refractivity contribution in [3.63, 3.8) is 0 Å². The van der Waals surface area contributed by atoms with Crippen LogP contribution < -0.4 is 10.6 Å². The first-order chi connectivity index (χ1) is 12.5. The fourth-order valence-corrected chi connectivity index (χ4v) is 6.25. The number of carbonyl (C=O) groups is 1. The number of carbonyl (C=O) groups excluding carboxylic acids is 1. The van der Waals surface area contributed by atoms with Gasteiger partial charge in [-0.2, -0.15) is 0 Å². The predicted octanol–water partition coefficient (Wildman–Crippen LogP) is 2.69. The van der Waals surface area contributed by atoms with Gasteiger partial charge in [-0.15, -0.1) is 11.8 Å². The normalized spacial score (nSPS) is 34.7. The van der Waals surface area contributed by atoms with E-state index in [2.05, 4.69) is 27.5 Å². The van der Waals surface area contributed by atoms with Crippen LogP contribution in [-0.2, 0) is 0 Å². The molecule has 3 N–H and O–H groups in total. The summed E-state index contributed by atoms with van der Waals surface area (Å²) in [6, 6.07) is 0.173. The average Bonchev–Trinajstić information content (AvgIpc) is 2.61. The predicted molar refractivity (Wildman–Crippen MR) is 102 cm³/mol. The van der Waals surface area contributed by atoms with E-state index in [1.165, 1.54) is 0 Å². The summed E-state index contributed by atoms with van der Waals surface area (Å²) in [5.74, 6) is 2.83. The third-order valence-corrected chi connectivity index (χ3v) is 7.40. The number of amides is 1. The van der Waals surface area contributed by atoms with Crippen LogP contribution in [0.3, 0.4) is 0 Å². The Morgan fingerprint density at radius 2 is 2.08 bits per heavy atom. The van der Waals surface area contributed by atoms with E-state index in [9.17, 15) is 9.90 Å². The van der Waals surface area contributed by atoms with Gasteiger partial charge in [0.05, 0.1) is 11.2 Å². The Labute approximate surface area is 159 Å². The van der Waals surface area contributed by atoms with Crippen molar-refractivity contribution in [1.29, 1.82) is 0 Å². The maximum Gasteiger partial charge on any atom is 0.255 e. The lowest BCUT2D eigenvalue weighted by molar-refractivity contribution is -0.136. The molecule has 2 atom stereocenters. The Balaban J connectivity index is 1.52. The number of rotatable bonds is 6. The summed E-state index contributed by atoms with van der Waals surface area (Å²) in [5, 5.41) is 17.7. The molecule has 6 nitrogen and oxygen atoms in total. The smallest absolute Gasteiger partial charge is 0.255 e. The van der Waals surface area contributed by atoms with Crippen LogP contribution in [0.4, 0.5) is 5.95 Å². The maximum absolute atomic E-state index is 13.0. The van der Waals surface area contributed by atoms with Crippen LogP contribution in [0.5, 0.6) is 0 Å². The van der Waals surface area contributed by atoms with Crippen LogP contribution in [0.15, 0.2) is 11.2 Å². The van der Waals surface area contributed by atoms with Crippen LogP contribution in [0, 0.1) is 17.8 Å². The molecule has 0 radical (unpaired) electrons. The molecule has 4 bridgehead atoms. The number of nitrogens with one attached hydrogen (secondary N) is 2. The highest BCUT2D eigenvalue weighted by molar-refractivity contribution is 7.99. The molecule has 142 valence electrons. The summed E-state index contributed by atoms with van der Waals surface area (Å²) >= 11 is 1.60. The first kappa shape index (κ1) is 18.0. The Morgan fingerprint density at radius 3 is 2.69 bits per heavy atom. The molecule has 26 heavy (non-hydrogen) atoms. The van der Waals surface area contributed by atoms with Crippen molar-refractivity contribution >= 4 is 23.6 Å². The quantitative estimate of drug-likeness (QED) is 0.523. The zero-order valence-corrected chi connectivity index (χ0v) is 16.3. The van der Waals surface area contributed by atoms with Crippen LogP contribution >= 0.6 is 11.8 Å². The number of hydrogen-bond acceptors (Lipinski definition) is 6. The number of thioether (sulfide) groups is 1. The van der Waals surface area contributed by atoms with Crippen LogP contribution in [0.25, 0.3) is 0 Å². The monoisotopic (exact) mass is 376 g/mol. The summed E-state index contributed by atoms with van der Waals surface area (Å²) in [5.41, 5.74) is 0.0900. The molecule has 4 saturated carbocycles. The first-order valence-electron chi connectivity index (χ1n) is 9.72. The molecular formula is C19H28N4O2S. The van der Waals surface area contributed by atoms with E-state index in [0.29, 0.717) is 29.3 Å². The lowest BCUT2D eigenvalue weighted by Gasteiger charge is -2.58. The van der Waals surface area contributed by atoms with E-state index in [0.717, 1.165) is 49.3 Å². The minimum absolute atomic E-state index is 0.0734. The lowest BCUT2D eigenvalue weighted by atomic mass is 9.52. The second-order valence-electron chi connectivity index (χ2n) is 8.20. The van der Waals surface area contributed by atoms with Gasteiger partial charge in [0.1, 0.15) is 5.03 Å². The lowest BCUT2D eigenvalue weighted by Crippen LogP contribution is -2.61. The first-order valence-corrected chi connectivity index (χ1v) is 10.7. The molecule has 1 aromatic heterocycles. The molecule has 0 aliphatic heterocycles. The minimum atomic E-state index is -0.475. The number of aromatic nitrogens is 2. The van der Waals surface area contributed by atoms with E-state index >= 15 is 0 Å². The molecule has 1 heterocycles. The summed E-state index contributed by atoms with van der Waals surface area (Å²) < 4.78 is 0. The maximum atomic E-state index is 13.0. The third-order valence-electron chi connectivity index (χ3n) is 6.20. The largest absolute Gasteiger partial charge is 0.390 e. The minimum Gasteiger partial charge on any atom is -0.390 e. The summed E-state index contributed by atoms with van der Waals surface area (Å²) in [6.45, 7) is 2.12. The highest BCUT2D eigenvalue weighted by atomic mass is 32.2. The van der Waals surface area contributed by atoms with Crippen molar-refractivity contribution in [3.8, 4) is 0 Å². The SMILES string of the molecule is CCCSc1nc(NC)ncc1C(=O)NC1C2CC3CC1CC(O)(C3)C2.